The molecule has 2 rings (SSSR count). The molecule has 0 saturated heterocycles. The van der Waals surface area contributed by atoms with Gasteiger partial charge >= 0.3 is 11.9 Å². The molecule has 0 spiro atoms. The van der Waals surface area contributed by atoms with E-state index in [-0.39, 0.29) is 22.6 Å². The number of carboxylic acids is 2. The second kappa shape index (κ2) is 8.32. The SMILES string of the molecule is CC(NC(C(=O)O)c1ccccc1O)NC(C(=O)O)c1ccccc1O. The average molecular weight is 360 g/mol. The first kappa shape index (κ1) is 19.2. The second-order valence-electron chi connectivity index (χ2n) is 5.72. The van der Waals surface area contributed by atoms with E-state index in [1.165, 1.54) is 24.3 Å². The number of para-hydroxylation sites is 2. The van der Waals surface area contributed by atoms with Gasteiger partial charge in [-0.2, -0.15) is 0 Å². The zero-order valence-corrected chi connectivity index (χ0v) is 14.0. The van der Waals surface area contributed by atoms with Crippen LogP contribution in [0.5, 0.6) is 11.5 Å². The van der Waals surface area contributed by atoms with Crippen molar-refractivity contribution in [3.63, 3.8) is 0 Å². The molecule has 0 radical (unpaired) electrons. The summed E-state index contributed by atoms with van der Waals surface area (Å²) >= 11 is 0. The number of hydrogen-bond donors (Lipinski definition) is 6. The van der Waals surface area contributed by atoms with Gasteiger partial charge in [-0.3, -0.25) is 20.2 Å². The van der Waals surface area contributed by atoms with Crippen molar-refractivity contribution in [1.82, 2.24) is 10.6 Å². The van der Waals surface area contributed by atoms with Crippen molar-refractivity contribution in [3.05, 3.63) is 59.7 Å². The maximum atomic E-state index is 11.6. The van der Waals surface area contributed by atoms with Gasteiger partial charge in [0, 0.05) is 11.1 Å². The molecule has 0 aliphatic rings. The standard InChI is InChI=1S/C18H20N2O6/c1-10(19-15(17(23)24)11-6-2-4-8-13(11)21)20-16(18(25)26)12-7-3-5-9-14(12)22/h2-10,15-16,19-22H,1H3,(H,23,24)(H,25,26). The highest BCUT2D eigenvalue weighted by Gasteiger charge is 2.28. The quantitative estimate of drug-likeness (QED) is 0.390. The van der Waals surface area contributed by atoms with Gasteiger partial charge < -0.3 is 20.4 Å². The molecule has 0 amide bonds. The van der Waals surface area contributed by atoms with Crippen LogP contribution in [0, 0.1) is 0 Å². The Hall–Kier alpha value is -3.10. The topological polar surface area (TPSA) is 139 Å². The summed E-state index contributed by atoms with van der Waals surface area (Å²) in [6.45, 7) is 1.55. The third-order valence-corrected chi connectivity index (χ3v) is 3.82. The first-order valence-corrected chi connectivity index (χ1v) is 7.84. The molecule has 0 aromatic heterocycles. The lowest BCUT2D eigenvalue weighted by Crippen LogP contribution is -2.47. The van der Waals surface area contributed by atoms with Crippen LogP contribution in [-0.4, -0.2) is 38.5 Å². The van der Waals surface area contributed by atoms with Crippen LogP contribution in [0.1, 0.15) is 30.1 Å². The number of carbonyl (C=O) groups is 2. The first-order valence-electron chi connectivity index (χ1n) is 7.84. The molecular formula is C18H20N2O6. The van der Waals surface area contributed by atoms with Crippen LogP contribution < -0.4 is 10.6 Å². The van der Waals surface area contributed by atoms with Gasteiger partial charge in [0.1, 0.15) is 23.6 Å². The molecule has 6 N–H and O–H groups in total. The Kier molecular flexibility index (Phi) is 6.16. The minimum Gasteiger partial charge on any atom is -0.508 e. The highest BCUT2D eigenvalue weighted by Crippen LogP contribution is 2.26. The van der Waals surface area contributed by atoms with E-state index in [1.807, 2.05) is 0 Å². The molecule has 0 bridgehead atoms. The second-order valence-corrected chi connectivity index (χ2v) is 5.72. The predicted molar refractivity (Wildman–Crippen MR) is 92.7 cm³/mol. The summed E-state index contributed by atoms with van der Waals surface area (Å²) in [4.78, 5) is 23.1. The van der Waals surface area contributed by atoms with Gasteiger partial charge in [-0.05, 0) is 19.1 Å². The summed E-state index contributed by atoms with van der Waals surface area (Å²) in [7, 11) is 0. The average Bonchev–Trinajstić information content (AvgIpc) is 2.58. The first-order chi connectivity index (χ1) is 12.3. The fourth-order valence-electron chi connectivity index (χ4n) is 2.60. The highest BCUT2D eigenvalue weighted by atomic mass is 16.4. The molecule has 2 aromatic carbocycles. The van der Waals surface area contributed by atoms with Gasteiger partial charge in [0.2, 0.25) is 0 Å². The predicted octanol–water partition coefficient (Wildman–Crippen LogP) is 1.57. The Labute approximate surface area is 149 Å². The Bertz CT molecular complexity index is 729. The fraction of sp³-hybridized carbons (Fsp3) is 0.222. The molecule has 2 aromatic rings. The number of phenols is 2. The summed E-state index contributed by atoms with van der Waals surface area (Å²) in [6.07, 6.45) is -0.767. The molecule has 0 aliphatic heterocycles. The molecule has 0 heterocycles. The minimum atomic E-state index is -1.25. The van der Waals surface area contributed by atoms with Crippen LogP contribution in [0.25, 0.3) is 0 Å². The normalized spacial score (nSPS) is 14.3. The molecule has 26 heavy (non-hydrogen) atoms. The number of benzene rings is 2. The molecule has 8 nitrogen and oxygen atoms in total. The molecule has 0 fully saturated rings. The highest BCUT2D eigenvalue weighted by molar-refractivity contribution is 5.77. The van der Waals surface area contributed by atoms with Gasteiger partial charge in [0.25, 0.3) is 0 Å². The van der Waals surface area contributed by atoms with Gasteiger partial charge in [0.05, 0.1) is 6.17 Å². The Morgan fingerprint density at radius 2 is 1.12 bits per heavy atom. The van der Waals surface area contributed by atoms with Crippen molar-refractivity contribution in [2.24, 2.45) is 0 Å². The number of rotatable bonds is 8. The van der Waals surface area contributed by atoms with E-state index in [9.17, 15) is 30.0 Å². The summed E-state index contributed by atoms with van der Waals surface area (Å²) in [5.74, 6) is -2.82. The molecule has 2 atom stereocenters. The molecule has 8 heteroatoms. The van der Waals surface area contributed by atoms with Crippen LogP contribution in [-0.2, 0) is 9.59 Å². The summed E-state index contributed by atoms with van der Waals surface area (Å²) in [6, 6.07) is 9.47. The van der Waals surface area contributed by atoms with E-state index in [0.29, 0.717) is 0 Å². The van der Waals surface area contributed by atoms with E-state index in [0.717, 1.165) is 0 Å². The number of phenolic OH excluding ortho intramolecular Hbond substituents is 2. The van der Waals surface area contributed by atoms with Crippen LogP contribution >= 0.6 is 0 Å². The van der Waals surface area contributed by atoms with Gasteiger partial charge in [-0.25, -0.2) is 0 Å². The van der Waals surface area contributed by atoms with E-state index in [1.54, 1.807) is 31.2 Å². The van der Waals surface area contributed by atoms with Crippen molar-refractivity contribution in [2.45, 2.75) is 25.2 Å². The third-order valence-electron chi connectivity index (χ3n) is 3.82. The minimum absolute atomic E-state index is 0.156. The third kappa shape index (κ3) is 4.50. The Balaban J connectivity index is 2.20. The van der Waals surface area contributed by atoms with Gasteiger partial charge in [0.15, 0.2) is 0 Å². The van der Waals surface area contributed by atoms with Crippen molar-refractivity contribution in [2.75, 3.05) is 0 Å². The summed E-state index contributed by atoms with van der Waals surface area (Å²) in [5, 5.41) is 44.1. The van der Waals surface area contributed by atoms with E-state index in [4.69, 9.17) is 0 Å². The zero-order valence-electron chi connectivity index (χ0n) is 14.0. The van der Waals surface area contributed by atoms with Crippen molar-refractivity contribution in [1.29, 1.82) is 0 Å². The zero-order chi connectivity index (χ0) is 19.3. The lowest BCUT2D eigenvalue weighted by Gasteiger charge is -2.25. The van der Waals surface area contributed by atoms with Gasteiger partial charge in [-0.15, -0.1) is 0 Å². The van der Waals surface area contributed by atoms with E-state index in [2.05, 4.69) is 10.6 Å². The monoisotopic (exact) mass is 360 g/mol. The summed E-state index contributed by atoms with van der Waals surface area (Å²) < 4.78 is 0. The largest absolute Gasteiger partial charge is 0.508 e. The number of aliphatic carboxylic acids is 2. The molecule has 138 valence electrons. The summed E-state index contributed by atoms with van der Waals surface area (Å²) in [5.41, 5.74) is 0.311. The van der Waals surface area contributed by atoms with E-state index < -0.39 is 30.2 Å². The van der Waals surface area contributed by atoms with E-state index >= 15 is 0 Å². The lowest BCUT2D eigenvalue weighted by atomic mass is 10.0. The number of nitrogens with one attached hydrogen (secondary N) is 2. The number of aromatic hydroxyl groups is 2. The number of carboxylic acid groups (broad SMARTS) is 2. The maximum absolute atomic E-state index is 11.6. The molecule has 0 aliphatic carbocycles. The van der Waals surface area contributed by atoms with Gasteiger partial charge in [-0.1, -0.05) is 36.4 Å². The Morgan fingerprint density at radius 3 is 1.42 bits per heavy atom. The lowest BCUT2D eigenvalue weighted by molar-refractivity contribution is -0.140. The molecular weight excluding hydrogens is 340 g/mol. The van der Waals surface area contributed by atoms with Crippen molar-refractivity contribution >= 4 is 11.9 Å². The fourth-order valence-corrected chi connectivity index (χ4v) is 2.60. The van der Waals surface area contributed by atoms with Crippen LogP contribution in [0.4, 0.5) is 0 Å². The molecule has 2 unspecified atom stereocenters. The Morgan fingerprint density at radius 1 is 0.769 bits per heavy atom. The van der Waals surface area contributed by atoms with Crippen LogP contribution in [0.15, 0.2) is 48.5 Å². The number of hydrogen-bond acceptors (Lipinski definition) is 6. The smallest absolute Gasteiger partial charge is 0.325 e. The van der Waals surface area contributed by atoms with Crippen molar-refractivity contribution in [3.8, 4) is 11.5 Å². The maximum Gasteiger partial charge on any atom is 0.325 e. The van der Waals surface area contributed by atoms with Crippen LogP contribution in [0.2, 0.25) is 0 Å². The molecule has 0 saturated carbocycles. The van der Waals surface area contributed by atoms with Crippen molar-refractivity contribution < 1.29 is 30.0 Å². The van der Waals surface area contributed by atoms with Crippen LogP contribution in [0.3, 0.4) is 0 Å².